The summed E-state index contributed by atoms with van der Waals surface area (Å²) in [6.07, 6.45) is 0. The van der Waals surface area contributed by atoms with E-state index in [9.17, 15) is 13.2 Å². The van der Waals surface area contributed by atoms with Crippen LogP contribution in [0.5, 0.6) is 0 Å². The van der Waals surface area contributed by atoms with Gasteiger partial charge in [-0.15, -0.1) is 0 Å². The number of hydrogen-bond donors (Lipinski definition) is 2. The van der Waals surface area contributed by atoms with Gasteiger partial charge in [-0.2, -0.15) is 0 Å². The number of sulfonamides is 1. The van der Waals surface area contributed by atoms with Gasteiger partial charge in [0.1, 0.15) is 0 Å². The lowest BCUT2D eigenvalue weighted by Gasteiger charge is -2.06. The molecule has 0 radical (unpaired) electrons. The highest BCUT2D eigenvalue weighted by Crippen LogP contribution is 2.03. The third kappa shape index (κ3) is 4.54. The first kappa shape index (κ1) is 13.7. The quantitative estimate of drug-likeness (QED) is 0.794. The van der Waals surface area contributed by atoms with Gasteiger partial charge in [-0.05, 0) is 26.1 Å². The molecule has 94 valence electrons. The van der Waals surface area contributed by atoms with Crippen molar-refractivity contribution in [1.82, 2.24) is 10.0 Å². The number of aryl methyl sites for hydroxylation is 1. The molecule has 0 saturated heterocycles. The van der Waals surface area contributed by atoms with E-state index in [1.54, 1.807) is 18.2 Å². The Bertz CT molecular complexity index is 497. The maximum atomic E-state index is 11.6. The zero-order valence-corrected chi connectivity index (χ0v) is 10.7. The molecule has 0 aromatic heterocycles. The van der Waals surface area contributed by atoms with Crippen molar-refractivity contribution in [3.63, 3.8) is 0 Å². The standard InChI is InChI=1S/C11H16N2O3S/c1-9-4-3-5-10(8-9)11(14)13-6-7-17(15,16)12-2/h3-5,8,12H,6-7H2,1-2H3,(H,13,14). The van der Waals surface area contributed by atoms with Gasteiger partial charge < -0.3 is 5.32 Å². The molecule has 1 amide bonds. The second kappa shape index (κ2) is 5.79. The summed E-state index contributed by atoms with van der Waals surface area (Å²) in [5, 5.41) is 2.56. The summed E-state index contributed by atoms with van der Waals surface area (Å²) in [6, 6.07) is 7.12. The van der Waals surface area contributed by atoms with Crippen molar-refractivity contribution in [2.75, 3.05) is 19.3 Å². The molecular weight excluding hydrogens is 240 g/mol. The summed E-state index contributed by atoms with van der Waals surface area (Å²) in [6.45, 7) is 1.98. The number of carbonyl (C=O) groups excluding carboxylic acids is 1. The largest absolute Gasteiger partial charge is 0.351 e. The van der Waals surface area contributed by atoms with Crippen LogP contribution in [0.15, 0.2) is 24.3 Å². The van der Waals surface area contributed by atoms with Crippen LogP contribution in [0.4, 0.5) is 0 Å². The highest BCUT2D eigenvalue weighted by molar-refractivity contribution is 7.89. The highest BCUT2D eigenvalue weighted by atomic mass is 32.2. The van der Waals surface area contributed by atoms with Crippen LogP contribution in [-0.2, 0) is 10.0 Å². The first-order valence-electron chi connectivity index (χ1n) is 5.21. The Kier molecular flexibility index (Phi) is 4.65. The molecule has 0 spiro atoms. The Morgan fingerprint density at radius 2 is 2.06 bits per heavy atom. The molecule has 5 nitrogen and oxygen atoms in total. The molecule has 0 heterocycles. The first-order valence-corrected chi connectivity index (χ1v) is 6.86. The molecule has 2 N–H and O–H groups in total. The SMILES string of the molecule is CNS(=O)(=O)CCNC(=O)c1cccc(C)c1. The summed E-state index contributed by atoms with van der Waals surface area (Å²) in [4.78, 5) is 11.6. The second-order valence-corrected chi connectivity index (χ2v) is 5.69. The van der Waals surface area contributed by atoms with Crippen molar-refractivity contribution in [3.8, 4) is 0 Å². The van der Waals surface area contributed by atoms with Crippen LogP contribution in [-0.4, -0.2) is 33.7 Å². The topological polar surface area (TPSA) is 75.3 Å². The minimum Gasteiger partial charge on any atom is -0.351 e. The van der Waals surface area contributed by atoms with Gasteiger partial charge in [0.2, 0.25) is 10.0 Å². The van der Waals surface area contributed by atoms with Gasteiger partial charge >= 0.3 is 0 Å². The van der Waals surface area contributed by atoms with Gasteiger partial charge in [0, 0.05) is 12.1 Å². The van der Waals surface area contributed by atoms with Crippen molar-refractivity contribution in [2.45, 2.75) is 6.92 Å². The molecule has 1 aromatic rings. The number of hydrogen-bond acceptors (Lipinski definition) is 3. The fourth-order valence-electron chi connectivity index (χ4n) is 1.29. The maximum Gasteiger partial charge on any atom is 0.251 e. The number of carbonyl (C=O) groups is 1. The first-order chi connectivity index (χ1) is 7.94. The van der Waals surface area contributed by atoms with Crippen LogP contribution in [0, 0.1) is 6.92 Å². The molecule has 0 saturated carbocycles. The van der Waals surface area contributed by atoms with Gasteiger partial charge in [-0.3, -0.25) is 4.79 Å². The van der Waals surface area contributed by atoms with E-state index in [4.69, 9.17) is 0 Å². The Balaban J connectivity index is 2.51. The molecule has 0 atom stereocenters. The lowest BCUT2D eigenvalue weighted by molar-refractivity contribution is 0.0956. The average molecular weight is 256 g/mol. The van der Waals surface area contributed by atoms with Crippen LogP contribution in [0.25, 0.3) is 0 Å². The molecule has 1 aromatic carbocycles. The van der Waals surface area contributed by atoms with Crippen LogP contribution in [0.2, 0.25) is 0 Å². The zero-order valence-electron chi connectivity index (χ0n) is 9.86. The summed E-state index contributed by atoms with van der Waals surface area (Å²) in [5.41, 5.74) is 1.52. The van der Waals surface area contributed by atoms with Crippen LogP contribution in [0.1, 0.15) is 15.9 Å². The summed E-state index contributed by atoms with van der Waals surface area (Å²) in [5.74, 6) is -0.388. The summed E-state index contributed by atoms with van der Waals surface area (Å²) >= 11 is 0. The van der Waals surface area contributed by atoms with E-state index in [-0.39, 0.29) is 18.2 Å². The molecular formula is C11H16N2O3S. The molecule has 1 rings (SSSR count). The van der Waals surface area contributed by atoms with E-state index in [0.29, 0.717) is 5.56 Å². The minimum atomic E-state index is -3.27. The van der Waals surface area contributed by atoms with E-state index >= 15 is 0 Å². The van der Waals surface area contributed by atoms with Crippen molar-refractivity contribution >= 4 is 15.9 Å². The molecule has 0 aliphatic carbocycles. The number of rotatable bonds is 5. The summed E-state index contributed by atoms with van der Waals surface area (Å²) in [7, 11) is -1.93. The minimum absolute atomic E-state index is 0.0932. The highest BCUT2D eigenvalue weighted by Gasteiger charge is 2.09. The third-order valence-corrected chi connectivity index (χ3v) is 3.61. The van der Waals surface area contributed by atoms with E-state index in [0.717, 1.165) is 5.56 Å². The molecule has 0 aliphatic heterocycles. The van der Waals surface area contributed by atoms with Crippen LogP contribution in [0.3, 0.4) is 0 Å². The van der Waals surface area contributed by atoms with E-state index in [2.05, 4.69) is 10.0 Å². The van der Waals surface area contributed by atoms with E-state index in [1.807, 2.05) is 13.0 Å². The Labute approximate surface area is 101 Å². The van der Waals surface area contributed by atoms with Crippen molar-refractivity contribution in [2.24, 2.45) is 0 Å². The third-order valence-electron chi connectivity index (χ3n) is 2.25. The predicted octanol–water partition coefficient (Wildman–Crippen LogP) is 0.274. The van der Waals surface area contributed by atoms with Gasteiger partial charge in [0.25, 0.3) is 5.91 Å². The lowest BCUT2D eigenvalue weighted by atomic mass is 10.1. The van der Waals surface area contributed by atoms with E-state index in [1.165, 1.54) is 7.05 Å². The molecule has 0 bridgehead atoms. The van der Waals surface area contributed by atoms with Gasteiger partial charge in [0.15, 0.2) is 0 Å². The Morgan fingerprint density at radius 3 is 2.65 bits per heavy atom. The second-order valence-electron chi connectivity index (χ2n) is 3.65. The molecule has 17 heavy (non-hydrogen) atoms. The summed E-state index contributed by atoms with van der Waals surface area (Å²) < 4.78 is 24.4. The Morgan fingerprint density at radius 1 is 1.35 bits per heavy atom. The smallest absolute Gasteiger partial charge is 0.251 e. The van der Waals surface area contributed by atoms with Gasteiger partial charge in [-0.1, -0.05) is 17.7 Å². The van der Waals surface area contributed by atoms with Crippen LogP contribution >= 0.6 is 0 Å². The van der Waals surface area contributed by atoms with Crippen molar-refractivity contribution in [1.29, 1.82) is 0 Å². The molecule has 6 heteroatoms. The van der Waals surface area contributed by atoms with E-state index < -0.39 is 10.0 Å². The molecule has 0 unspecified atom stereocenters. The normalized spacial score (nSPS) is 11.2. The van der Waals surface area contributed by atoms with Crippen molar-refractivity contribution in [3.05, 3.63) is 35.4 Å². The number of nitrogens with one attached hydrogen (secondary N) is 2. The van der Waals surface area contributed by atoms with Crippen molar-refractivity contribution < 1.29 is 13.2 Å². The monoisotopic (exact) mass is 256 g/mol. The lowest BCUT2D eigenvalue weighted by Crippen LogP contribution is -2.32. The molecule has 0 fully saturated rings. The fourth-order valence-corrected chi connectivity index (χ4v) is 1.86. The van der Waals surface area contributed by atoms with Gasteiger partial charge in [0.05, 0.1) is 5.75 Å². The predicted molar refractivity (Wildman–Crippen MR) is 66.4 cm³/mol. The maximum absolute atomic E-state index is 11.6. The fraction of sp³-hybridized carbons (Fsp3) is 0.364. The molecule has 0 aliphatic rings. The zero-order chi connectivity index (χ0) is 12.9. The number of benzene rings is 1. The van der Waals surface area contributed by atoms with Gasteiger partial charge in [-0.25, -0.2) is 13.1 Å². The Hall–Kier alpha value is -1.40. The average Bonchev–Trinajstić information content (AvgIpc) is 2.28. The van der Waals surface area contributed by atoms with Crippen LogP contribution < -0.4 is 10.0 Å². The number of amides is 1.